The highest BCUT2D eigenvalue weighted by molar-refractivity contribution is 5.78. The normalized spacial score (nSPS) is 13.2. The van der Waals surface area contributed by atoms with Crippen molar-refractivity contribution >= 4 is 23.0 Å². The van der Waals surface area contributed by atoms with Gasteiger partial charge in [-0.25, -0.2) is 9.78 Å². The number of rotatable bonds is 8. The van der Waals surface area contributed by atoms with Crippen molar-refractivity contribution < 1.29 is 14.3 Å². The molecule has 2 amide bonds. The van der Waals surface area contributed by atoms with Gasteiger partial charge >= 0.3 is 6.09 Å². The van der Waals surface area contributed by atoms with E-state index in [2.05, 4.69) is 34.4 Å². The predicted molar refractivity (Wildman–Crippen MR) is 96.1 cm³/mol. The number of imidazole rings is 1. The monoisotopic (exact) mass is 346 g/mol. The minimum Gasteiger partial charge on any atom is -0.450 e. The number of benzene rings is 1. The van der Waals surface area contributed by atoms with Gasteiger partial charge in [-0.15, -0.1) is 0 Å². The maximum atomic E-state index is 12.3. The minimum absolute atomic E-state index is 0.137. The Labute approximate surface area is 147 Å². The lowest BCUT2D eigenvalue weighted by molar-refractivity contribution is -0.122. The summed E-state index contributed by atoms with van der Waals surface area (Å²) in [5, 5.41) is 5.57. The van der Waals surface area contributed by atoms with Gasteiger partial charge in [0, 0.05) is 13.0 Å². The Morgan fingerprint density at radius 2 is 2.04 bits per heavy atom. The molecule has 2 atom stereocenters. The molecule has 3 N–H and O–H groups in total. The van der Waals surface area contributed by atoms with Crippen molar-refractivity contribution in [3.8, 4) is 0 Å². The number of para-hydroxylation sites is 2. The molecule has 2 rings (SSSR count). The van der Waals surface area contributed by atoms with E-state index in [4.69, 9.17) is 4.74 Å². The van der Waals surface area contributed by atoms with Crippen molar-refractivity contribution in [2.45, 2.75) is 39.7 Å². The average molecular weight is 346 g/mol. The van der Waals surface area contributed by atoms with Crippen LogP contribution in [-0.2, 0) is 9.53 Å². The van der Waals surface area contributed by atoms with Gasteiger partial charge < -0.3 is 20.4 Å². The van der Waals surface area contributed by atoms with Crippen LogP contribution in [-0.4, -0.2) is 35.1 Å². The van der Waals surface area contributed by atoms with Crippen LogP contribution < -0.4 is 10.6 Å². The second-order valence-electron chi connectivity index (χ2n) is 5.97. The average Bonchev–Trinajstić information content (AvgIpc) is 3.03. The SMILES string of the molecule is CCOC(=O)NCCC(=O)N[C@H](c1nc2ccccc2[nH]1)[C@@H](C)CC. The molecule has 0 unspecified atom stereocenters. The number of aromatic amines is 1. The number of H-pyrrole nitrogens is 1. The number of carbonyl (C=O) groups excluding carboxylic acids is 2. The number of amides is 2. The molecule has 136 valence electrons. The maximum absolute atomic E-state index is 12.3. The summed E-state index contributed by atoms with van der Waals surface area (Å²) in [4.78, 5) is 31.4. The number of ether oxygens (including phenoxy) is 1. The molecule has 0 aliphatic carbocycles. The van der Waals surface area contributed by atoms with Gasteiger partial charge in [0.05, 0.1) is 23.7 Å². The Morgan fingerprint density at radius 1 is 1.28 bits per heavy atom. The Bertz CT molecular complexity index is 680. The Hall–Kier alpha value is -2.57. The number of hydrogen-bond acceptors (Lipinski definition) is 4. The zero-order valence-electron chi connectivity index (χ0n) is 15.0. The largest absolute Gasteiger partial charge is 0.450 e. The molecule has 1 aromatic heterocycles. The third-order valence-corrected chi connectivity index (χ3v) is 4.13. The van der Waals surface area contributed by atoms with Crippen LogP contribution in [0.2, 0.25) is 0 Å². The maximum Gasteiger partial charge on any atom is 0.407 e. The molecule has 0 aliphatic heterocycles. The molecular formula is C18H26N4O3. The molecule has 1 heterocycles. The van der Waals surface area contributed by atoms with Crippen LogP contribution in [0, 0.1) is 5.92 Å². The Kier molecular flexibility index (Phi) is 6.80. The molecule has 0 saturated heterocycles. The van der Waals surface area contributed by atoms with Crippen molar-refractivity contribution in [2.24, 2.45) is 5.92 Å². The first-order chi connectivity index (χ1) is 12.0. The van der Waals surface area contributed by atoms with Gasteiger partial charge in [0.2, 0.25) is 5.91 Å². The van der Waals surface area contributed by atoms with Crippen LogP contribution in [0.1, 0.15) is 45.5 Å². The lowest BCUT2D eigenvalue weighted by Gasteiger charge is -2.22. The van der Waals surface area contributed by atoms with E-state index in [-0.39, 0.29) is 30.8 Å². The molecule has 25 heavy (non-hydrogen) atoms. The fourth-order valence-electron chi connectivity index (χ4n) is 2.54. The van der Waals surface area contributed by atoms with Gasteiger partial charge in [-0.1, -0.05) is 32.4 Å². The summed E-state index contributed by atoms with van der Waals surface area (Å²) in [6.45, 7) is 6.43. The molecule has 0 aliphatic rings. The molecule has 0 radical (unpaired) electrons. The lowest BCUT2D eigenvalue weighted by Crippen LogP contribution is -2.36. The molecule has 7 nitrogen and oxygen atoms in total. The van der Waals surface area contributed by atoms with Crippen LogP contribution in [0.15, 0.2) is 24.3 Å². The van der Waals surface area contributed by atoms with Crippen molar-refractivity contribution in [1.82, 2.24) is 20.6 Å². The molecule has 0 bridgehead atoms. The standard InChI is InChI=1S/C18H26N4O3/c1-4-12(3)16(17-20-13-8-6-7-9-14(13)21-17)22-15(23)10-11-19-18(24)25-5-2/h6-9,12,16H,4-5,10-11H2,1-3H3,(H,19,24)(H,20,21)(H,22,23)/t12-,16-/m0/s1. The van der Waals surface area contributed by atoms with Gasteiger partial charge in [-0.3, -0.25) is 4.79 Å². The molecular weight excluding hydrogens is 320 g/mol. The topological polar surface area (TPSA) is 96.1 Å². The number of nitrogens with one attached hydrogen (secondary N) is 3. The highest BCUT2D eigenvalue weighted by Crippen LogP contribution is 2.24. The summed E-state index contributed by atoms with van der Waals surface area (Å²) < 4.78 is 4.77. The third-order valence-electron chi connectivity index (χ3n) is 4.13. The fraction of sp³-hybridized carbons (Fsp3) is 0.500. The zero-order chi connectivity index (χ0) is 18.2. The summed E-state index contributed by atoms with van der Waals surface area (Å²) in [6, 6.07) is 7.58. The predicted octanol–water partition coefficient (Wildman–Crippen LogP) is 2.90. The highest BCUT2D eigenvalue weighted by atomic mass is 16.5. The van der Waals surface area contributed by atoms with Crippen molar-refractivity contribution in [3.63, 3.8) is 0 Å². The third kappa shape index (κ3) is 5.20. The molecule has 2 aromatic rings. The van der Waals surface area contributed by atoms with Gasteiger partial charge in [0.1, 0.15) is 5.82 Å². The number of nitrogens with zero attached hydrogens (tertiary/aromatic N) is 1. The van der Waals surface area contributed by atoms with E-state index in [1.165, 1.54) is 0 Å². The van der Waals surface area contributed by atoms with Crippen molar-refractivity contribution in [1.29, 1.82) is 0 Å². The summed E-state index contributed by atoms with van der Waals surface area (Å²) in [5.74, 6) is 0.840. The van der Waals surface area contributed by atoms with Crippen molar-refractivity contribution in [2.75, 3.05) is 13.2 Å². The minimum atomic E-state index is -0.508. The summed E-state index contributed by atoms with van der Waals surface area (Å²) in [5.41, 5.74) is 1.83. The van der Waals surface area contributed by atoms with E-state index in [1.54, 1.807) is 6.92 Å². The number of carbonyl (C=O) groups is 2. The quantitative estimate of drug-likeness (QED) is 0.685. The van der Waals surface area contributed by atoms with E-state index in [0.717, 1.165) is 23.3 Å². The molecule has 7 heteroatoms. The molecule has 0 fully saturated rings. The first-order valence-corrected chi connectivity index (χ1v) is 8.69. The molecule has 0 saturated carbocycles. The van der Waals surface area contributed by atoms with Crippen LogP contribution in [0.3, 0.4) is 0 Å². The Balaban J connectivity index is 2.00. The summed E-state index contributed by atoms with van der Waals surface area (Å²) >= 11 is 0. The lowest BCUT2D eigenvalue weighted by atomic mass is 9.98. The van der Waals surface area contributed by atoms with Crippen LogP contribution in [0.4, 0.5) is 4.79 Å². The number of hydrogen-bond donors (Lipinski definition) is 3. The zero-order valence-corrected chi connectivity index (χ0v) is 15.0. The fourth-order valence-corrected chi connectivity index (χ4v) is 2.54. The first-order valence-electron chi connectivity index (χ1n) is 8.69. The van der Waals surface area contributed by atoms with Crippen LogP contribution in [0.5, 0.6) is 0 Å². The second kappa shape index (κ2) is 9.05. The molecule has 0 spiro atoms. The van der Waals surface area contributed by atoms with Gasteiger partial charge in [-0.2, -0.15) is 0 Å². The number of alkyl carbamates (subject to hydrolysis) is 1. The van der Waals surface area contributed by atoms with Crippen LogP contribution >= 0.6 is 0 Å². The van der Waals surface area contributed by atoms with Gasteiger partial charge in [0.15, 0.2) is 0 Å². The van der Waals surface area contributed by atoms with Gasteiger partial charge in [0.25, 0.3) is 0 Å². The Morgan fingerprint density at radius 3 is 2.72 bits per heavy atom. The van der Waals surface area contributed by atoms with Crippen LogP contribution in [0.25, 0.3) is 11.0 Å². The van der Waals surface area contributed by atoms with Gasteiger partial charge in [-0.05, 0) is 25.0 Å². The van der Waals surface area contributed by atoms with E-state index in [1.807, 2.05) is 24.3 Å². The van der Waals surface area contributed by atoms with Crippen molar-refractivity contribution in [3.05, 3.63) is 30.1 Å². The van der Waals surface area contributed by atoms with E-state index in [0.29, 0.717) is 6.61 Å². The summed E-state index contributed by atoms with van der Waals surface area (Å²) in [6.07, 6.45) is 0.584. The molecule has 1 aromatic carbocycles. The first kappa shape index (κ1) is 18.8. The van der Waals surface area contributed by atoms with E-state index in [9.17, 15) is 9.59 Å². The highest BCUT2D eigenvalue weighted by Gasteiger charge is 2.23. The summed E-state index contributed by atoms with van der Waals surface area (Å²) in [7, 11) is 0. The van der Waals surface area contributed by atoms with E-state index >= 15 is 0 Å². The number of aromatic nitrogens is 2. The second-order valence-corrected chi connectivity index (χ2v) is 5.97. The number of fused-ring (bicyclic) bond motifs is 1. The smallest absolute Gasteiger partial charge is 0.407 e. The van der Waals surface area contributed by atoms with E-state index < -0.39 is 6.09 Å².